The van der Waals surface area contributed by atoms with Gasteiger partial charge < -0.3 is 0 Å². The van der Waals surface area contributed by atoms with Gasteiger partial charge in [-0.15, -0.1) is 12.4 Å². The number of rotatable bonds is 2. The molecule has 0 aromatic heterocycles. The first kappa shape index (κ1) is 13.7. The fourth-order valence-corrected chi connectivity index (χ4v) is 1.98. The maximum Gasteiger partial charge on any atom is 0.238 e. The fourth-order valence-electron chi connectivity index (χ4n) is 1.47. The van der Waals surface area contributed by atoms with Gasteiger partial charge >= 0.3 is 0 Å². The Balaban J connectivity index is 0.00000144. The predicted molar refractivity (Wildman–Crippen MR) is 70.5 cm³/mol. The summed E-state index contributed by atoms with van der Waals surface area (Å²) in [7, 11) is -3.60. The lowest BCUT2D eigenvalue weighted by atomic mass is 10.1. The third-order valence-corrected chi connectivity index (χ3v) is 3.22. The molecule has 0 aliphatic heterocycles. The summed E-state index contributed by atoms with van der Waals surface area (Å²) in [6, 6.07) is 16.2. The maximum absolute atomic E-state index is 11.1. The van der Waals surface area contributed by atoms with Crippen molar-refractivity contribution in [3.05, 3.63) is 54.6 Å². The van der Waals surface area contributed by atoms with Crippen LogP contribution in [0.3, 0.4) is 0 Å². The van der Waals surface area contributed by atoms with Crippen LogP contribution in [0.15, 0.2) is 59.5 Å². The molecule has 0 fully saturated rings. The molecule has 2 aromatic carbocycles. The normalized spacial score (nSPS) is 10.6. The minimum absolute atomic E-state index is 0. The number of primary sulfonamides is 1. The van der Waals surface area contributed by atoms with Crippen LogP contribution in [0.4, 0.5) is 0 Å². The monoisotopic (exact) mass is 269 g/mol. The molecule has 17 heavy (non-hydrogen) atoms. The molecule has 0 heterocycles. The molecule has 0 saturated carbocycles. The summed E-state index contributed by atoms with van der Waals surface area (Å²) in [6.45, 7) is 0. The summed E-state index contributed by atoms with van der Waals surface area (Å²) >= 11 is 0. The lowest BCUT2D eigenvalue weighted by molar-refractivity contribution is 0.598. The molecular weight excluding hydrogens is 258 g/mol. The zero-order chi connectivity index (χ0) is 11.6. The minimum Gasteiger partial charge on any atom is -0.225 e. The van der Waals surface area contributed by atoms with Crippen molar-refractivity contribution in [3.8, 4) is 11.1 Å². The molecule has 0 saturated heterocycles. The Hall–Kier alpha value is -1.36. The van der Waals surface area contributed by atoms with Gasteiger partial charge in [-0.3, -0.25) is 0 Å². The lowest BCUT2D eigenvalue weighted by Gasteiger charge is -2.02. The number of nitrogens with two attached hydrogens (primary N) is 1. The molecule has 2 rings (SSSR count). The van der Waals surface area contributed by atoms with Crippen LogP contribution in [-0.2, 0) is 10.0 Å². The highest BCUT2D eigenvalue weighted by atomic mass is 35.5. The zero-order valence-electron chi connectivity index (χ0n) is 8.91. The smallest absolute Gasteiger partial charge is 0.225 e. The Morgan fingerprint density at radius 3 is 1.71 bits per heavy atom. The number of sulfonamides is 1. The lowest BCUT2D eigenvalue weighted by Crippen LogP contribution is -2.11. The molecule has 0 atom stereocenters. The van der Waals surface area contributed by atoms with Gasteiger partial charge in [0.15, 0.2) is 0 Å². The Morgan fingerprint density at radius 2 is 1.24 bits per heavy atom. The van der Waals surface area contributed by atoms with Gasteiger partial charge in [0.2, 0.25) is 10.0 Å². The van der Waals surface area contributed by atoms with Gasteiger partial charge in [0, 0.05) is 0 Å². The van der Waals surface area contributed by atoms with E-state index in [0.717, 1.165) is 11.1 Å². The third kappa shape index (κ3) is 3.30. The van der Waals surface area contributed by atoms with E-state index in [2.05, 4.69) is 0 Å². The van der Waals surface area contributed by atoms with Gasteiger partial charge in [-0.25, -0.2) is 13.6 Å². The van der Waals surface area contributed by atoms with Crippen molar-refractivity contribution >= 4 is 22.4 Å². The van der Waals surface area contributed by atoms with Crippen molar-refractivity contribution in [1.82, 2.24) is 0 Å². The van der Waals surface area contributed by atoms with E-state index in [9.17, 15) is 8.42 Å². The quantitative estimate of drug-likeness (QED) is 0.910. The van der Waals surface area contributed by atoms with E-state index in [4.69, 9.17) is 5.14 Å². The molecule has 5 heteroatoms. The molecule has 2 N–H and O–H groups in total. The van der Waals surface area contributed by atoms with Crippen molar-refractivity contribution in [3.63, 3.8) is 0 Å². The van der Waals surface area contributed by atoms with Crippen molar-refractivity contribution in [2.45, 2.75) is 4.90 Å². The molecule has 2 aromatic rings. The van der Waals surface area contributed by atoms with Crippen LogP contribution in [-0.4, -0.2) is 8.42 Å². The first-order valence-corrected chi connectivity index (χ1v) is 6.30. The SMILES string of the molecule is Cl.NS(=O)(=O)c1ccc(-c2ccccc2)cc1. The fraction of sp³-hybridized carbons (Fsp3) is 0. The van der Waals surface area contributed by atoms with E-state index >= 15 is 0 Å². The van der Waals surface area contributed by atoms with Gasteiger partial charge in [-0.1, -0.05) is 42.5 Å². The molecule has 90 valence electrons. The third-order valence-electron chi connectivity index (χ3n) is 2.29. The summed E-state index contributed by atoms with van der Waals surface area (Å²) in [5.41, 5.74) is 2.01. The first-order valence-electron chi connectivity index (χ1n) is 4.76. The van der Waals surface area contributed by atoms with E-state index in [0.29, 0.717) is 0 Å². The second kappa shape index (κ2) is 5.31. The molecule has 0 amide bonds. The molecule has 3 nitrogen and oxygen atoms in total. The van der Waals surface area contributed by atoms with Crippen molar-refractivity contribution in [2.24, 2.45) is 5.14 Å². The predicted octanol–water partition coefficient (Wildman–Crippen LogP) is 2.42. The van der Waals surface area contributed by atoms with Gasteiger partial charge in [-0.05, 0) is 23.3 Å². The highest BCUT2D eigenvalue weighted by Crippen LogP contribution is 2.20. The summed E-state index contributed by atoms with van der Waals surface area (Å²) < 4.78 is 22.1. The summed E-state index contributed by atoms with van der Waals surface area (Å²) in [6.07, 6.45) is 0. The number of hydrogen-bond acceptors (Lipinski definition) is 2. The van der Waals surface area contributed by atoms with Crippen LogP contribution in [0.1, 0.15) is 0 Å². The first-order chi connectivity index (χ1) is 7.57. The number of halogens is 1. The molecular formula is C12H12ClNO2S. The number of hydrogen-bond donors (Lipinski definition) is 1. The van der Waals surface area contributed by atoms with Crippen molar-refractivity contribution in [1.29, 1.82) is 0 Å². The molecule has 0 aliphatic carbocycles. The zero-order valence-corrected chi connectivity index (χ0v) is 10.5. The van der Waals surface area contributed by atoms with Gasteiger partial charge in [-0.2, -0.15) is 0 Å². The second-order valence-electron chi connectivity index (χ2n) is 3.44. The molecule has 0 bridgehead atoms. The molecule has 0 spiro atoms. The minimum atomic E-state index is -3.60. The Bertz CT molecular complexity index is 580. The van der Waals surface area contributed by atoms with Crippen molar-refractivity contribution in [2.75, 3.05) is 0 Å². The van der Waals surface area contributed by atoms with Gasteiger partial charge in [0.05, 0.1) is 4.90 Å². The van der Waals surface area contributed by atoms with Crippen LogP contribution in [0.5, 0.6) is 0 Å². The highest BCUT2D eigenvalue weighted by molar-refractivity contribution is 7.89. The van der Waals surface area contributed by atoms with E-state index in [-0.39, 0.29) is 17.3 Å². The topological polar surface area (TPSA) is 60.2 Å². The molecule has 0 aliphatic rings. The number of benzene rings is 2. The van der Waals surface area contributed by atoms with E-state index in [1.165, 1.54) is 12.1 Å². The van der Waals surface area contributed by atoms with Gasteiger partial charge in [0.25, 0.3) is 0 Å². The standard InChI is InChI=1S/C12H11NO2S.ClH/c13-16(14,15)12-8-6-11(7-9-12)10-4-2-1-3-5-10;/h1-9H,(H2,13,14,15);1H. The Labute approximate surface area is 107 Å². The van der Waals surface area contributed by atoms with Crippen molar-refractivity contribution < 1.29 is 8.42 Å². The van der Waals surface area contributed by atoms with E-state index < -0.39 is 10.0 Å². The summed E-state index contributed by atoms with van der Waals surface area (Å²) in [5, 5.41) is 5.02. The average Bonchev–Trinajstić information content (AvgIpc) is 2.29. The second-order valence-corrected chi connectivity index (χ2v) is 5.00. The van der Waals surface area contributed by atoms with Crippen LogP contribution in [0.2, 0.25) is 0 Å². The van der Waals surface area contributed by atoms with E-state index in [1.807, 2.05) is 30.3 Å². The van der Waals surface area contributed by atoms with Crippen LogP contribution in [0, 0.1) is 0 Å². The van der Waals surface area contributed by atoms with Gasteiger partial charge in [0.1, 0.15) is 0 Å². The maximum atomic E-state index is 11.1. The van der Waals surface area contributed by atoms with Crippen LogP contribution < -0.4 is 5.14 Å². The molecule has 0 unspecified atom stereocenters. The summed E-state index contributed by atoms with van der Waals surface area (Å²) in [5.74, 6) is 0. The largest absolute Gasteiger partial charge is 0.238 e. The Kier molecular flexibility index (Phi) is 4.28. The molecule has 0 radical (unpaired) electrons. The Morgan fingerprint density at radius 1 is 0.765 bits per heavy atom. The van der Waals surface area contributed by atoms with Crippen LogP contribution in [0.25, 0.3) is 11.1 Å². The van der Waals surface area contributed by atoms with E-state index in [1.54, 1.807) is 12.1 Å². The highest BCUT2D eigenvalue weighted by Gasteiger charge is 2.06. The van der Waals surface area contributed by atoms with Crippen LogP contribution >= 0.6 is 12.4 Å². The summed E-state index contributed by atoms with van der Waals surface area (Å²) in [4.78, 5) is 0.132. The average molecular weight is 270 g/mol.